The number of aromatic amines is 1. The van der Waals surface area contributed by atoms with Gasteiger partial charge in [-0.1, -0.05) is 0 Å². The average Bonchev–Trinajstić information content (AvgIpc) is 3.36. The van der Waals surface area contributed by atoms with Crippen LogP contribution in [0, 0.1) is 6.92 Å². The zero-order valence-corrected chi connectivity index (χ0v) is 19.8. The minimum Gasteiger partial charge on any atom is -0.438 e. The number of carbonyl (C=O) groups excluding carboxylic acids is 1. The van der Waals surface area contributed by atoms with Crippen molar-refractivity contribution >= 4 is 27.6 Å². The van der Waals surface area contributed by atoms with Crippen LogP contribution in [0.4, 0.5) is 0 Å². The first kappa shape index (κ1) is 22.2. The van der Waals surface area contributed by atoms with E-state index < -0.39 is 5.91 Å². The lowest BCUT2D eigenvalue weighted by Gasteiger charge is -2.26. The fourth-order valence-electron chi connectivity index (χ4n) is 4.89. The molecule has 0 unspecified atom stereocenters. The van der Waals surface area contributed by atoms with Crippen LogP contribution in [0.3, 0.4) is 0 Å². The Labute approximate surface area is 207 Å². The summed E-state index contributed by atoms with van der Waals surface area (Å²) in [5.41, 5.74) is 10.8. The molecule has 1 amide bonds. The number of pyridine rings is 2. The van der Waals surface area contributed by atoms with Gasteiger partial charge in [0.2, 0.25) is 11.8 Å². The topological polar surface area (TPSA) is 116 Å². The first-order valence-corrected chi connectivity index (χ1v) is 12.0. The molecule has 0 atom stereocenters. The molecule has 0 bridgehead atoms. The maximum absolute atomic E-state index is 11.5. The number of benzene rings is 2. The quantitative estimate of drug-likeness (QED) is 0.355. The van der Waals surface area contributed by atoms with Crippen LogP contribution in [0.2, 0.25) is 0 Å². The van der Waals surface area contributed by atoms with E-state index in [1.165, 1.54) is 0 Å². The van der Waals surface area contributed by atoms with E-state index in [-0.39, 0.29) is 5.92 Å². The summed E-state index contributed by atoms with van der Waals surface area (Å²) in [7, 11) is 0. The third-order valence-corrected chi connectivity index (χ3v) is 6.70. The van der Waals surface area contributed by atoms with Crippen molar-refractivity contribution < 1.29 is 14.3 Å². The van der Waals surface area contributed by atoms with Crippen LogP contribution in [-0.2, 0) is 4.74 Å². The van der Waals surface area contributed by atoms with Crippen molar-refractivity contribution in [2.75, 3.05) is 13.2 Å². The molecule has 1 aliphatic rings. The Kier molecular flexibility index (Phi) is 5.58. The molecule has 8 nitrogen and oxygen atoms in total. The molecule has 0 aliphatic carbocycles. The molecule has 1 aliphatic heterocycles. The van der Waals surface area contributed by atoms with Crippen molar-refractivity contribution in [3.05, 3.63) is 77.9 Å². The van der Waals surface area contributed by atoms with Crippen LogP contribution in [-0.4, -0.2) is 39.3 Å². The highest BCUT2D eigenvalue weighted by atomic mass is 16.5. The van der Waals surface area contributed by atoms with E-state index in [2.05, 4.69) is 27.3 Å². The monoisotopic (exact) mass is 479 g/mol. The minimum atomic E-state index is -0.481. The van der Waals surface area contributed by atoms with E-state index in [0.29, 0.717) is 30.4 Å². The normalized spacial score (nSPS) is 14.4. The van der Waals surface area contributed by atoms with Gasteiger partial charge in [0.1, 0.15) is 5.75 Å². The van der Waals surface area contributed by atoms with Gasteiger partial charge in [-0.05, 0) is 79.2 Å². The highest BCUT2D eigenvalue weighted by molar-refractivity contribution is 6.06. The van der Waals surface area contributed by atoms with E-state index in [4.69, 9.17) is 20.2 Å². The fraction of sp³-hybridized carbons (Fsp3) is 0.214. The highest BCUT2D eigenvalue weighted by Crippen LogP contribution is 2.43. The number of H-pyrrole nitrogens is 1. The Balaban J connectivity index is 1.61. The second-order valence-corrected chi connectivity index (χ2v) is 9.10. The lowest BCUT2D eigenvalue weighted by molar-refractivity contribution is 0.0845. The predicted octanol–water partition coefficient (Wildman–Crippen LogP) is 5.27. The van der Waals surface area contributed by atoms with Crippen LogP contribution in [0.5, 0.6) is 11.6 Å². The summed E-state index contributed by atoms with van der Waals surface area (Å²) in [5, 5.41) is 10.2. The molecule has 1 saturated heterocycles. The number of rotatable bonds is 5. The van der Waals surface area contributed by atoms with Gasteiger partial charge < -0.3 is 15.2 Å². The molecule has 3 N–H and O–H groups in total. The van der Waals surface area contributed by atoms with Gasteiger partial charge in [0.05, 0.1) is 17.4 Å². The molecule has 3 aromatic heterocycles. The Morgan fingerprint density at radius 3 is 2.64 bits per heavy atom. The molecule has 6 rings (SSSR count). The summed E-state index contributed by atoms with van der Waals surface area (Å²) in [6.07, 6.45) is 5.44. The number of aryl methyl sites for hydroxylation is 1. The van der Waals surface area contributed by atoms with Gasteiger partial charge in [-0.15, -0.1) is 0 Å². The van der Waals surface area contributed by atoms with Crippen LogP contribution in [0.15, 0.2) is 60.9 Å². The Morgan fingerprint density at radius 1 is 1.08 bits per heavy atom. The van der Waals surface area contributed by atoms with Crippen LogP contribution in [0.1, 0.15) is 40.5 Å². The maximum Gasteiger partial charge on any atom is 0.248 e. The maximum atomic E-state index is 11.5. The number of primary amides is 1. The number of fused-ring (bicyclic) bond motifs is 2. The number of carbonyl (C=O) groups is 1. The smallest absolute Gasteiger partial charge is 0.248 e. The molecule has 180 valence electrons. The second-order valence-electron chi connectivity index (χ2n) is 9.10. The van der Waals surface area contributed by atoms with Crippen molar-refractivity contribution in [1.82, 2.24) is 20.2 Å². The van der Waals surface area contributed by atoms with Crippen molar-refractivity contribution in [3.8, 4) is 22.8 Å². The summed E-state index contributed by atoms with van der Waals surface area (Å²) in [4.78, 5) is 21.1. The largest absolute Gasteiger partial charge is 0.438 e. The van der Waals surface area contributed by atoms with Gasteiger partial charge in [0, 0.05) is 52.9 Å². The lowest BCUT2D eigenvalue weighted by atomic mass is 9.87. The summed E-state index contributed by atoms with van der Waals surface area (Å²) in [5.74, 6) is 0.824. The number of hydrogen-bond acceptors (Lipinski definition) is 6. The number of nitrogens with one attached hydrogen (secondary N) is 1. The Morgan fingerprint density at radius 2 is 1.89 bits per heavy atom. The average molecular weight is 480 g/mol. The summed E-state index contributed by atoms with van der Waals surface area (Å²) < 4.78 is 12.0. The van der Waals surface area contributed by atoms with E-state index >= 15 is 0 Å². The summed E-state index contributed by atoms with van der Waals surface area (Å²) in [6.45, 7) is 3.39. The second kappa shape index (κ2) is 9.05. The van der Waals surface area contributed by atoms with Crippen molar-refractivity contribution in [3.63, 3.8) is 0 Å². The molecule has 36 heavy (non-hydrogen) atoms. The molecule has 0 radical (unpaired) electrons. The molecule has 4 heterocycles. The number of hydrogen-bond donors (Lipinski definition) is 2. The zero-order chi connectivity index (χ0) is 24.6. The summed E-state index contributed by atoms with van der Waals surface area (Å²) >= 11 is 0. The number of amides is 1. The van der Waals surface area contributed by atoms with E-state index in [9.17, 15) is 4.79 Å². The van der Waals surface area contributed by atoms with Gasteiger partial charge in [-0.2, -0.15) is 5.10 Å². The summed E-state index contributed by atoms with van der Waals surface area (Å²) in [6, 6.07) is 15.1. The number of nitrogens with two attached hydrogens (primary N) is 1. The van der Waals surface area contributed by atoms with Crippen molar-refractivity contribution in [2.45, 2.75) is 25.7 Å². The number of aromatic nitrogens is 4. The molecule has 1 fully saturated rings. The molecule has 2 aromatic carbocycles. The third kappa shape index (κ3) is 4.05. The van der Waals surface area contributed by atoms with Crippen LogP contribution >= 0.6 is 0 Å². The van der Waals surface area contributed by atoms with Crippen LogP contribution < -0.4 is 10.5 Å². The third-order valence-electron chi connectivity index (χ3n) is 6.70. The van der Waals surface area contributed by atoms with E-state index in [1.807, 2.05) is 31.5 Å². The fourth-order valence-corrected chi connectivity index (χ4v) is 4.89. The molecular formula is C28H25N5O3. The molecule has 5 aromatic rings. The molecule has 0 saturated carbocycles. The van der Waals surface area contributed by atoms with Crippen molar-refractivity contribution in [2.24, 2.45) is 5.73 Å². The number of ether oxygens (including phenoxy) is 2. The van der Waals surface area contributed by atoms with Gasteiger partial charge in [-0.25, -0.2) is 4.98 Å². The first-order chi connectivity index (χ1) is 17.6. The van der Waals surface area contributed by atoms with Crippen LogP contribution in [0.25, 0.3) is 32.8 Å². The molecule has 0 spiro atoms. The van der Waals surface area contributed by atoms with Gasteiger partial charge >= 0.3 is 0 Å². The Bertz CT molecular complexity index is 1590. The van der Waals surface area contributed by atoms with E-state index in [1.54, 1.807) is 24.3 Å². The highest BCUT2D eigenvalue weighted by Gasteiger charge is 2.26. The predicted molar refractivity (Wildman–Crippen MR) is 137 cm³/mol. The molecule has 8 heteroatoms. The van der Waals surface area contributed by atoms with Gasteiger partial charge in [-0.3, -0.25) is 14.9 Å². The van der Waals surface area contributed by atoms with Crippen molar-refractivity contribution in [1.29, 1.82) is 0 Å². The lowest BCUT2D eigenvalue weighted by Crippen LogP contribution is -2.16. The molecular weight excluding hydrogens is 454 g/mol. The zero-order valence-electron chi connectivity index (χ0n) is 19.8. The van der Waals surface area contributed by atoms with E-state index in [0.717, 1.165) is 57.0 Å². The SMILES string of the molecule is Cc1cc(-c2c(C3CCOCC3)nc(Oc3ccc(C(N)=O)cc3)c3cc4[nH]ncc4cc23)ccn1. The minimum absolute atomic E-state index is 0.228. The first-order valence-electron chi connectivity index (χ1n) is 12.0. The Hall–Kier alpha value is -4.30. The number of nitrogens with zero attached hydrogens (tertiary/aromatic N) is 3. The van der Waals surface area contributed by atoms with Gasteiger partial charge in [0.15, 0.2) is 0 Å². The van der Waals surface area contributed by atoms with Gasteiger partial charge in [0.25, 0.3) is 0 Å². The standard InChI is InChI=1S/C28H25N5O3/c1-16-12-19(6-9-30-16)25-22-13-20-15-31-33-24(20)14-23(22)28(32-26(25)17-7-10-35-11-8-17)36-21-4-2-18(3-5-21)27(29)34/h2-6,9,12-15,17H,7-8,10-11H2,1H3,(H2,29,34)(H,31,33).